The fourth-order valence-electron chi connectivity index (χ4n) is 1.95. The predicted molar refractivity (Wildman–Crippen MR) is 95.7 cm³/mol. The van der Waals surface area contributed by atoms with Crippen molar-refractivity contribution in [3.05, 3.63) is 24.3 Å². The van der Waals surface area contributed by atoms with E-state index in [1.165, 1.54) is 6.92 Å². The van der Waals surface area contributed by atoms with Crippen molar-refractivity contribution in [1.29, 1.82) is 0 Å². The number of benzene rings is 1. The number of nitrogens with zero attached hydrogens (tertiary/aromatic N) is 1. The zero-order valence-electron chi connectivity index (χ0n) is 14.9. The Kier molecular flexibility index (Phi) is 9.11. The average Bonchev–Trinajstić information content (AvgIpc) is 2.56. The van der Waals surface area contributed by atoms with Gasteiger partial charge in [0.05, 0.1) is 13.7 Å². The molecule has 3 N–H and O–H groups in total. The molecule has 0 saturated heterocycles. The Bertz CT molecular complexity index is 534. The minimum Gasteiger partial charge on any atom is -0.493 e. The van der Waals surface area contributed by atoms with Gasteiger partial charge in [-0.15, -0.1) is 0 Å². The van der Waals surface area contributed by atoms with Crippen molar-refractivity contribution in [2.24, 2.45) is 4.99 Å². The summed E-state index contributed by atoms with van der Waals surface area (Å²) < 4.78 is 11.2. The number of guanidine groups is 1. The van der Waals surface area contributed by atoms with Gasteiger partial charge in [0.15, 0.2) is 17.5 Å². The molecule has 0 bridgehead atoms. The van der Waals surface area contributed by atoms with Crippen molar-refractivity contribution < 1.29 is 14.3 Å². The van der Waals surface area contributed by atoms with E-state index in [2.05, 4.69) is 20.9 Å². The average molecular weight is 336 g/mol. The maximum absolute atomic E-state index is 10.8. The summed E-state index contributed by atoms with van der Waals surface area (Å²) in [5.74, 6) is 2.05. The van der Waals surface area contributed by atoms with Crippen LogP contribution in [0.2, 0.25) is 0 Å². The zero-order chi connectivity index (χ0) is 17.8. The second-order valence-electron chi connectivity index (χ2n) is 5.21. The molecule has 1 atom stereocenters. The quantitative estimate of drug-likeness (QED) is 0.358. The Morgan fingerprint density at radius 3 is 2.46 bits per heavy atom. The van der Waals surface area contributed by atoms with Crippen LogP contribution in [0.4, 0.5) is 0 Å². The Morgan fingerprint density at radius 2 is 1.83 bits per heavy atom. The van der Waals surface area contributed by atoms with Crippen LogP contribution in [0, 0.1) is 0 Å². The number of methoxy groups -OCH3 is 1. The van der Waals surface area contributed by atoms with E-state index in [0.29, 0.717) is 37.1 Å². The number of nitrogens with one attached hydrogen (secondary N) is 3. The van der Waals surface area contributed by atoms with Crippen LogP contribution in [0.5, 0.6) is 11.5 Å². The second kappa shape index (κ2) is 11.2. The molecule has 0 heterocycles. The lowest BCUT2D eigenvalue weighted by atomic mass is 10.3. The lowest BCUT2D eigenvalue weighted by Crippen LogP contribution is -2.41. The summed E-state index contributed by atoms with van der Waals surface area (Å²) in [6.45, 7) is 7.86. The Hall–Kier alpha value is -2.44. The molecule has 0 aliphatic carbocycles. The summed E-state index contributed by atoms with van der Waals surface area (Å²) in [5, 5.41) is 9.05. The molecule has 1 unspecified atom stereocenters. The van der Waals surface area contributed by atoms with Crippen LogP contribution in [0.3, 0.4) is 0 Å². The zero-order valence-corrected chi connectivity index (χ0v) is 14.9. The summed E-state index contributed by atoms with van der Waals surface area (Å²) in [6, 6.07) is 7.53. The van der Waals surface area contributed by atoms with Crippen molar-refractivity contribution in [3.8, 4) is 11.5 Å². The lowest BCUT2D eigenvalue weighted by Gasteiger charge is -2.16. The summed E-state index contributed by atoms with van der Waals surface area (Å²) in [6.07, 6.45) is -0.105. The van der Waals surface area contributed by atoms with Crippen molar-refractivity contribution in [1.82, 2.24) is 16.0 Å². The van der Waals surface area contributed by atoms with E-state index in [1.807, 2.05) is 38.1 Å². The van der Waals surface area contributed by atoms with E-state index in [9.17, 15) is 4.79 Å². The molecule has 134 valence electrons. The summed E-state index contributed by atoms with van der Waals surface area (Å²) >= 11 is 0. The van der Waals surface area contributed by atoms with Gasteiger partial charge in [0.25, 0.3) is 0 Å². The van der Waals surface area contributed by atoms with Crippen LogP contribution in [0.15, 0.2) is 29.3 Å². The molecule has 0 radical (unpaired) electrons. The fourth-order valence-corrected chi connectivity index (χ4v) is 1.95. The number of hydrogen-bond acceptors (Lipinski definition) is 4. The molecule has 7 heteroatoms. The van der Waals surface area contributed by atoms with Gasteiger partial charge in [-0.3, -0.25) is 4.79 Å². The van der Waals surface area contributed by atoms with Gasteiger partial charge in [-0.2, -0.15) is 0 Å². The SMILES string of the molecule is CCNC(=NCC(C)Oc1ccccc1OC)NCCNC(C)=O. The molecule has 0 aliphatic heterocycles. The highest BCUT2D eigenvalue weighted by Crippen LogP contribution is 2.26. The van der Waals surface area contributed by atoms with E-state index >= 15 is 0 Å². The topological polar surface area (TPSA) is 84.0 Å². The number of amides is 1. The van der Waals surface area contributed by atoms with E-state index in [1.54, 1.807) is 7.11 Å². The molecule has 7 nitrogen and oxygen atoms in total. The molecule has 24 heavy (non-hydrogen) atoms. The minimum atomic E-state index is -0.105. The van der Waals surface area contributed by atoms with Crippen molar-refractivity contribution in [2.45, 2.75) is 26.9 Å². The normalized spacial score (nSPS) is 12.2. The molecular formula is C17H28N4O3. The highest BCUT2D eigenvalue weighted by atomic mass is 16.5. The molecule has 1 rings (SSSR count). The van der Waals surface area contributed by atoms with Gasteiger partial charge in [0.2, 0.25) is 5.91 Å². The number of carbonyl (C=O) groups excluding carboxylic acids is 1. The number of carbonyl (C=O) groups is 1. The maximum Gasteiger partial charge on any atom is 0.216 e. The molecule has 0 saturated carbocycles. The first-order valence-electron chi connectivity index (χ1n) is 8.13. The van der Waals surface area contributed by atoms with Crippen LogP contribution in [-0.4, -0.2) is 51.3 Å². The van der Waals surface area contributed by atoms with Gasteiger partial charge in [-0.05, 0) is 26.0 Å². The lowest BCUT2D eigenvalue weighted by molar-refractivity contribution is -0.118. The van der Waals surface area contributed by atoms with E-state index in [0.717, 1.165) is 6.54 Å². The molecule has 0 spiro atoms. The Balaban J connectivity index is 2.50. The molecular weight excluding hydrogens is 308 g/mol. The molecule has 0 aliphatic rings. The third kappa shape index (κ3) is 7.71. The molecule has 0 fully saturated rings. The number of para-hydroxylation sites is 2. The van der Waals surface area contributed by atoms with Crippen molar-refractivity contribution in [3.63, 3.8) is 0 Å². The molecule has 1 aromatic carbocycles. The summed E-state index contributed by atoms with van der Waals surface area (Å²) in [7, 11) is 1.62. The summed E-state index contributed by atoms with van der Waals surface area (Å²) in [5.41, 5.74) is 0. The van der Waals surface area contributed by atoms with Crippen LogP contribution < -0.4 is 25.4 Å². The Morgan fingerprint density at radius 1 is 1.17 bits per heavy atom. The third-order valence-corrected chi connectivity index (χ3v) is 3.04. The van der Waals surface area contributed by atoms with E-state index in [4.69, 9.17) is 9.47 Å². The molecule has 1 amide bonds. The van der Waals surface area contributed by atoms with Crippen LogP contribution in [0.1, 0.15) is 20.8 Å². The number of hydrogen-bond donors (Lipinski definition) is 3. The molecule has 0 aromatic heterocycles. The van der Waals surface area contributed by atoms with Crippen molar-refractivity contribution in [2.75, 3.05) is 33.3 Å². The summed E-state index contributed by atoms with van der Waals surface area (Å²) in [4.78, 5) is 15.3. The smallest absolute Gasteiger partial charge is 0.216 e. The standard InChI is InChI=1S/C17H28N4O3/c1-5-18-17(20-11-10-19-14(3)22)21-12-13(2)24-16-9-7-6-8-15(16)23-4/h6-9,13H,5,10-12H2,1-4H3,(H,19,22)(H2,18,20,21). The highest BCUT2D eigenvalue weighted by molar-refractivity contribution is 5.79. The maximum atomic E-state index is 10.8. The van der Waals surface area contributed by atoms with E-state index < -0.39 is 0 Å². The number of rotatable bonds is 9. The van der Waals surface area contributed by atoms with Gasteiger partial charge in [-0.1, -0.05) is 12.1 Å². The van der Waals surface area contributed by atoms with Crippen molar-refractivity contribution >= 4 is 11.9 Å². The Labute approximate surface area is 143 Å². The van der Waals surface area contributed by atoms with Crippen LogP contribution >= 0.6 is 0 Å². The third-order valence-electron chi connectivity index (χ3n) is 3.04. The van der Waals surface area contributed by atoms with Gasteiger partial charge >= 0.3 is 0 Å². The first-order valence-corrected chi connectivity index (χ1v) is 8.13. The highest BCUT2D eigenvalue weighted by Gasteiger charge is 2.08. The second-order valence-corrected chi connectivity index (χ2v) is 5.21. The monoisotopic (exact) mass is 336 g/mol. The van der Waals surface area contributed by atoms with Gasteiger partial charge in [-0.25, -0.2) is 4.99 Å². The fraction of sp³-hybridized carbons (Fsp3) is 0.529. The first kappa shape index (κ1) is 19.6. The predicted octanol–water partition coefficient (Wildman–Crippen LogP) is 1.15. The van der Waals surface area contributed by atoms with Gasteiger partial charge < -0.3 is 25.4 Å². The van der Waals surface area contributed by atoms with Crippen LogP contribution in [-0.2, 0) is 4.79 Å². The first-order chi connectivity index (χ1) is 11.6. The largest absolute Gasteiger partial charge is 0.493 e. The van der Waals surface area contributed by atoms with Gasteiger partial charge in [0, 0.05) is 26.6 Å². The minimum absolute atomic E-state index is 0.0439. The van der Waals surface area contributed by atoms with Crippen LogP contribution in [0.25, 0.3) is 0 Å². The van der Waals surface area contributed by atoms with E-state index in [-0.39, 0.29) is 12.0 Å². The number of aliphatic imine (C=N–C) groups is 1. The molecule has 1 aromatic rings. The van der Waals surface area contributed by atoms with Gasteiger partial charge in [0.1, 0.15) is 6.10 Å². The number of ether oxygens (including phenoxy) is 2.